The van der Waals surface area contributed by atoms with Crippen molar-refractivity contribution in [2.75, 3.05) is 7.11 Å². The molecule has 0 aliphatic rings. The molecule has 0 aliphatic carbocycles. The summed E-state index contributed by atoms with van der Waals surface area (Å²) in [6.45, 7) is 8.25. The first-order chi connectivity index (χ1) is 6.40. The van der Waals surface area contributed by atoms with E-state index in [1.165, 1.54) is 7.11 Å². The number of carbonyl (C=O) groups is 1. The summed E-state index contributed by atoms with van der Waals surface area (Å²) in [4.78, 5) is 11.3. The van der Waals surface area contributed by atoms with Crippen molar-refractivity contribution in [1.29, 1.82) is 0 Å². The SMILES string of the molecule is CCC(CC(=O)OC)(C(C)C)C(C)N. The summed E-state index contributed by atoms with van der Waals surface area (Å²) in [6, 6.07) is 0.00611. The zero-order valence-electron chi connectivity index (χ0n) is 9.96. The van der Waals surface area contributed by atoms with Crippen LogP contribution in [0.2, 0.25) is 0 Å². The Morgan fingerprint density at radius 1 is 1.43 bits per heavy atom. The van der Waals surface area contributed by atoms with Crippen molar-refractivity contribution in [3.05, 3.63) is 0 Å². The highest BCUT2D eigenvalue weighted by molar-refractivity contribution is 5.70. The van der Waals surface area contributed by atoms with Crippen molar-refractivity contribution in [2.24, 2.45) is 17.1 Å². The molecule has 2 unspecified atom stereocenters. The highest BCUT2D eigenvalue weighted by Gasteiger charge is 2.38. The summed E-state index contributed by atoms with van der Waals surface area (Å²) >= 11 is 0. The number of hydrogen-bond acceptors (Lipinski definition) is 3. The fourth-order valence-electron chi connectivity index (χ4n) is 2.09. The number of hydrogen-bond donors (Lipinski definition) is 1. The fourth-order valence-corrected chi connectivity index (χ4v) is 2.09. The first kappa shape index (κ1) is 13.4. The lowest BCUT2D eigenvalue weighted by Gasteiger charge is -2.39. The van der Waals surface area contributed by atoms with Crippen LogP contribution in [0.15, 0.2) is 0 Å². The van der Waals surface area contributed by atoms with Gasteiger partial charge in [0.05, 0.1) is 13.5 Å². The predicted octanol–water partition coefficient (Wildman–Crippen LogP) is 1.95. The third-order valence-corrected chi connectivity index (χ3v) is 3.42. The van der Waals surface area contributed by atoms with Gasteiger partial charge in [-0.3, -0.25) is 4.79 Å². The minimum absolute atomic E-state index is 0.00611. The molecule has 0 amide bonds. The number of ether oxygens (including phenoxy) is 1. The van der Waals surface area contributed by atoms with Crippen molar-refractivity contribution in [1.82, 2.24) is 0 Å². The molecule has 0 saturated carbocycles. The molecule has 0 saturated heterocycles. The molecule has 0 aromatic carbocycles. The van der Waals surface area contributed by atoms with E-state index in [0.717, 1.165) is 6.42 Å². The number of esters is 1. The first-order valence-electron chi connectivity index (χ1n) is 5.23. The van der Waals surface area contributed by atoms with Gasteiger partial charge in [0.25, 0.3) is 0 Å². The molecule has 0 aliphatic heterocycles. The first-order valence-corrected chi connectivity index (χ1v) is 5.23. The van der Waals surface area contributed by atoms with Crippen LogP contribution in [0.4, 0.5) is 0 Å². The minimum Gasteiger partial charge on any atom is -0.469 e. The van der Waals surface area contributed by atoms with Gasteiger partial charge in [0.2, 0.25) is 0 Å². The molecule has 0 radical (unpaired) electrons. The van der Waals surface area contributed by atoms with E-state index in [1.54, 1.807) is 0 Å². The van der Waals surface area contributed by atoms with Crippen LogP contribution in [-0.2, 0) is 9.53 Å². The Balaban J connectivity index is 4.76. The number of rotatable bonds is 5. The molecule has 3 heteroatoms. The molecule has 84 valence electrons. The quantitative estimate of drug-likeness (QED) is 0.692. The summed E-state index contributed by atoms with van der Waals surface area (Å²) in [5.41, 5.74) is 5.85. The van der Waals surface area contributed by atoms with Gasteiger partial charge in [-0.1, -0.05) is 20.8 Å². The summed E-state index contributed by atoms with van der Waals surface area (Å²) in [7, 11) is 1.42. The largest absolute Gasteiger partial charge is 0.469 e. The summed E-state index contributed by atoms with van der Waals surface area (Å²) in [5, 5.41) is 0. The monoisotopic (exact) mass is 201 g/mol. The van der Waals surface area contributed by atoms with Crippen LogP contribution in [0.3, 0.4) is 0 Å². The van der Waals surface area contributed by atoms with E-state index in [1.807, 2.05) is 6.92 Å². The third-order valence-electron chi connectivity index (χ3n) is 3.42. The van der Waals surface area contributed by atoms with Gasteiger partial charge in [0.1, 0.15) is 0 Å². The van der Waals surface area contributed by atoms with Crippen LogP contribution in [0.1, 0.15) is 40.5 Å². The van der Waals surface area contributed by atoms with Gasteiger partial charge in [-0.05, 0) is 24.7 Å². The Morgan fingerprint density at radius 3 is 2.14 bits per heavy atom. The van der Waals surface area contributed by atoms with E-state index in [4.69, 9.17) is 10.5 Å². The minimum atomic E-state index is -0.169. The third kappa shape index (κ3) is 2.71. The zero-order chi connectivity index (χ0) is 11.4. The van der Waals surface area contributed by atoms with Crippen molar-refractivity contribution < 1.29 is 9.53 Å². The van der Waals surface area contributed by atoms with Crippen LogP contribution in [0.5, 0.6) is 0 Å². The molecule has 2 N–H and O–H groups in total. The molecule has 0 bridgehead atoms. The van der Waals surface area contributed by atoms with Crippen molar-refractivity contribution in [3.8, 4) is 0 Å². The van der Waals surface area contributed by atoms with Gasteiger partial charge in [0.15, 0.2) is 0 Å². The van der Waals surface area contributed by atoms with Crippen LogP contribution in [-0.4, -0.2) is 19.1 Å². The van der Waals surface area contributed by atoms with E-state index < -0.39 is 0 Å². The number of nitrogens with two attached hydrogens (primary N) is 1. The second-order valence-electron chi connectivity index (χ2n) is 4.28. The molecule has 0 rings (SSSR count). The van der Waals surface area contributed by atoms with Crippen molar-refractivity contribution in [3.63, 3.8) is 0 Å². The van der Waals surface area contributed by atoms with E-state index in [2.05, 4.69) is 20.8 Å². The molecule has 0 heterocycles. The highest BCUT2D eigenvalue weighted by atomic mass is 16.5. The molecule has 0 spiro atoms. The smallest absolute Gasteiger partial charge is 0.306 e. The standard InChI is InChI=1S/C11H23NO2/c1-6-11(8(2)3,9(4)12)7-10(13)14-5/h8-9H,6-7,12H2,1-5H3. The molecule has 2 atom stereocenters. The second kappa shape index (κ2) is 5.35. The Kier molecular flexibility index (Phi) is 5.13. The second-order valence-corrected chi connectivity index (χ2v) is 4.28. The average molecular weight is 201 g/mol. The highest BCUT2D eigenvalue weighted by Crippen LogP contribution is 2.38. The molecule has 0 fully saturated rings. The zero-order valence-corrected chi connectivity index (χ0v) is 9.96. The van der Waals surface area contributed by atoms with E-state index in [-0.39, 0.29) is 17.4 Å². The lowest BCUT2D eigenvalue weighted by Crippen LogP contribution is -2.44. The molecule has 3 nitrogen and oxygen atoms in total. The molecular weight excluding hydrogens is 178 g/mol. The van der Waals surface area contributed by atoms with Crippen LogP contribution in [0, 0.1) is 11.3 Å². The summed E-state index contributed by atoms with van der Waals surface area (Å²) in [5.74, 6) is 0.212. The fraction of sp³-hybridized carbons (Fsp3) is 0.909. The van der Waals surface area contributed by atoms with Gasteiger partial charge in [-0.25, -0.2) is 0 Å². The summed E-state index contributed by atoms with van der Waals surface area (Å²) < 4.78 is 4.71. The Bertz CT molecular complexity index is 180. The van der Waals surface area contributed by atoms with Gasteiger partial charge in [-0.2, -0.15) is 0 Å². The molecule has 14 heavy (non-hydrogen) atoms. The van der Waals surface area contributed by atoms with E-state index in [9.17, 15) is 4.79 Å². The van der Waals surface area contributed by atoms with Gasteiger partial charge in [0, 0.05) is 6.04 Å². The maximum Gasteiger partial charge on any atom is 0.306 e. The number of carbonyl (C=O) groups excluding carboxylic acids is 1. The normalized spacial score (nSPS) is 17.6. The predicted molar refractivity (Wildman–Crippen MR) is 57.8 cm³/mol. The van der Waals surface area contributed by atoms with E-state index in [0.29, 0.717) is 12.3 Å². The van der Waals surface area contributed by atoms with Gasteiger partial charge < -0.3 is 10.5 Å². The molecular formula is C11H23NO2. The van der Waals surface area contributed by atoms with Crippen molar-refractivity contribution >= 4 is 5.97 Å². The van der Waals surface area contributed by atoms with Gasteiger partial charge >= 0.3 is 5.97 Å². The lowest BCUT2D eigenvalue weighted by molar-refractivity contribution is -0.144. The van der Waals surface area contributed by atoms with E-state index >= 15 is 0 Å². The topological polar surface area (TPSA) is 52.3 Å². The van der Waals surface area contributed by atoms with Crippen LogP contribution >= 0.6 is 0 Å². The molecule has 0 aromatic rings. The Hall–Kier alpha value is -0.570. The average Bonchev–Trinajstić information content (AvgIpc) is 2.12. The maximum absolute atomic E-state index is 11.3. The Labute approximate surface area is 87.0 Å². The Morgan fingerprint density at radius 2 is 1.93 bits per heavy atom. The molecule has 0 aromatic heterocycles. The number of methoxy groups -OCH3 is 1. The van der Waals surface area contributed by atoms with Gasteiger partial charge in [-0.15, -0.1) is 0 Å². The van der Waals surface area contributed by atoms with Crippen molar-refractivity contribution in [2.45, 2.75) is 46.6 Å². The van der Waals surface area contributed by atoms with Crippen LogP contribution in [0.25, 0.3) is 0 Å². The maximum atomic E-state index is 11.3. The van der Waals surface area contributed by atoms with Crippen LogP contribution < -0.4 is 5.73 Å². The summed E-state index contributed by atoms with van der Waals surface area (Å²) in [6.07, 6.45) is 1.31. The lowest BCUT2D eigenvalue weighted by atomic mass is 9.68.